The van der Waals surface area contributed by atoms with Gasteiger partial charge in [0.1, 0.15) is 6.42 Å². The summed E-state index contributed by atoms with van der Waals surface area (Å²) in [7, 11) is 0. The summed E-state index contributed by atoms with van der Waals surface area (Å²) in [4.78, 5) is 23.7. The smallest absolute Gasteiger partial charge is 0.249 e. The summed E-state index contributed by atoms with van der Waals surface area (Å²) in [6, 6.07) is 15.9. The van der Waals surface area contributed by atoms with Gasteiger partial charge in [-0.05, 0) is 33.1 Å². The lowest BCUT2D eigenvalue weighted by Crippen LogP contribution is -2.27. The van der Waals surface area contributed by atoms with Crippen LogP contribution in [-0.4, -0.2) is 24.2 Å². The van der Waals surface area contributed by atoms with E-state index in [1.807, 2.05) is 48.5 Å². The highest BCUT2D eigenvalue weighted by Crippen LogP contribution is 2.22. The lowest BCUT2D eigenvalue weighted by atomic mass is 9.87. The predicted molar refractivity (Wildman–Crippen MR) is 126 cm³/mol. The first-order chi connectivity index (χ1) is 14.4. The van der Waals surface area contributed by atoms with Gasteiger partial charge < -0.3 is 0 Å². The maximum atomic E-state index is 11.9. The van der Waals surface area contributed by atoms with Gasteiger partial charge in [-0.25, -0.2) is 10.9 Å². The SMILES string of the molecule is CC(C)(C)c1ccc(/C=N\NC(=O)CC(=O)N/N=C\c2ccc(C(C)(C)C)cc2)cc1. The first-order valence-corrected chi connectivity index (χ1v) is 10.3. The number of hydrogen-bond acceptors (Lipinski definition) is 4. The van der Waals surface area contributed by atoms with Crippen molar-refractivity contribution in [1.82, 2.24) is 10.9 Å². The molecule has 0 fully saturated rings. The van der Waals surface area contributed by atoms with Crippen LogP contribution >= 0.6 is 0 Å². The van der Waals surface area contributed by atoms with E-state index in [4.69, 9.17) is 0 Å². The Morgan fingerprint density at radius 1 is 0.677 bits per heavy atom. The zero-order valence-electron chi connectivity index (χ0n) is 19.2. The number of carbonyl (C=O) groups excluding carboxylic acids is 2. The van der Waals surface area contributed by atoms with Crippen LogP contribution in [0.3, 0.4) is 0 Å². The van der Waals surface area contributed by atoms with E-state index >= 15 is 0 Å². The van der Waals surface area contributed by atoms with Crippen molar-refractivity contribution in [1.29, 1.82) is 0 Å². The number of benzene rings is 2. The minimum absolute atomic E-state index is 0.0790. The molecular formula is C25H32N4O2. The summed E-state index contributed by atoms with van der Waals surface area (Å²) in [5, 5.41) is 7.80. The summed E-state index contributed by atoms with van der Waals surface area (Å²) in [5.41, 5.74) is 9.02. The highest BCUT2D eigenvalue weighted by atomic mass is 16.2. The van der Waals surface area contributed by atoms with Crippen LogP contribution in [0.4, 0.5) is 0 Å². The van der Waals surface area contributed by atoms with E-state index in [2.05, 4.69) is 62.6 Å². The van der Waals surface area contributed by atoms with Crippen LogP contribution in [0.15, 0.2) is 58.7 Å². The Bertz CT molecular complexity index is 866. The Morgan fingerprint density at radius 3 is 1.29 bits per heavy atom. The molecule has 31 heavy (non-hydrogen) atoms. The van der Waals surface area contributed by atoms with E-state index in [1.54, 1.807) is 12.4 Å². The predicted octanol–water partition coefficient (Wildman–Crippen LogP) is 4.27. The molecule has 0 bridgehead atoms. The summed E-state index contributed by atoms with van der Waals surface area (Å²) in [6.07, 6.45) is 2.73. The number of hydrazone groups is 2. The third-order valence-corrected chi connectivity index (χ3v) is 4.68. The topological polar surface area (TPSA) is 82.9 Å². The number of rotatable bonds is 6. The van der Waals surface area contributed by atoms with Gasteiger partial charge in [-0.1, -0.05) is 90.1 Å². The molecule has 0 atom stereocenters. The van der Waals surface area contributed by atoms with E-state index in [-0.39, 0.29) is 17.3 Å². The van der Waals surface area contributed by atoms with Crippen molar-refractivity contribution in [2.45, 2.75) is 58.8 Å². The largest absolute Gasteiger partial charge is 0.273 e. The number of hydrogen-bond donors (Lipinski definition) is 2. The standard InChI is InChI=1S/C25H32N4O2/c1-24(2,3)20-11-7-18(8-12-20)16-26-28-22(30)15-23(31)29-27-17-19-9-13-21(14-10-19)25(4,5)6/h7-14,16-17H,15H2,1-6H3,(H,28,30)(H,29,31)/b26-16-,27-17-. The molecule has 2 aromatic carbocycles. The molecule has 0 saturated heterocycles. The second-order valence-electron chi connectivity index (χ2n) is 9.51. The molecule has 0 radical (unpaired) electrons. The highest BCUT2D eigenvalue weighted by Gasteiger charge is 2.13. The van der Waals surface area contributed by atoms with Crippen LogP contribution < -0.4 is 10.9 Å². The molecule has 0 spiro atoms. The van der Waals surface area contributed by atoms with E-state index in [9.17, 15) is 9.59 Å². The van der Waals surface area contributed by atoms with Gasteiger partial charge in [-0.15, -0.1) is 0 Å². The molecule has 0 unspecified atom stereocenters. The molecule has 0 aliphatic carbocycles. The molecule has 2 N–H and O–H groups in total. The molecule has 0 aliphatic rings. The number of nitrogens with one attached hydrogen (secondary N) is 2. The van der Waals surface area contributed by atoms with Crippen LogP contribution in [0.2, 0.25) is 0 Å². The average molecular weight is 421 g/mol. The van der Waals surface area contributed by atoms with Gasteiger partial charge in [0.2, 0.25) is 11.8 Å². The lowest BCUT2D eigenvalue weighted by Gasteiger charge is -2.18. The highest BCUT2D eigenvalue weighted by molar-refractivity contribution is 5.97. The summed E-state index contributed by atoms with van der Waals surface area (Å²) >= 11 is 0. The maximum Gasteiger partial charge on any atom is 0.249 e. The minimum Gasteiger partial charge on any atom is -0.273 e. The fourth-order valence-corrected chi connectivity index (χ4v) is 2.72. The van der Waals surface area contributed by atoms with Crippen LogP contribution in [0.1, 0.15) is 70.2 Å². The monoisotopic (exact) mass is 420 g/mol. The minimum atomic E-state index is -0.509. The molecule has 2 amide bonds. The van der Waals surface area contributed by atoms with Gasteiger partial charge in [0.05, 0.1) is 12.4 Å². The zero-order chi connectivity index (χ0) is 23.1. The first kappa shape index (κ1) is 24.0. The zero-order valence-corrected chi connectivity index (χ0v) is 19.2. The van der Waals surface area contributed by atoms with Crippen LogP contribution in [-0.2, 0) is 20.4 Å². The molecule has 6 nitrogen and oxygen atoms in total. The third kappa shape index (κ3) is 8.16. The van der Waals surface area contributed by atoms with E-state index in [0.717, 1.165) is 11.1 Å². The molecule has 0 aliphatic heterocycles. The van der Waals surface area contributed by atoms with Gasteiger partial charge in [-0.2, -0.15) is 10.2 Å². The molecule has 2 aromatic rings. The summed E-state index contributed by atoms with van der Waals surface area (Å²) in [6.45, 7) is 12.9. The fourth-order valence-electron chi connectivity index (χ4n) is 2.72. The Hall–Kier alpha value is -3.28. The van der Waals surface area contributed by atoms with Crippen molar-refractivity contribution in [2.75, 3.05) is 0 Å². The van der Waals surface area contributed by atoms with Gasteiger partial charge in [0.15, 0.2) is 0 Å². The Morgan fingerprint density at radius 2 is 1.00 bits per heavy atom. The van der Waals surface area contributed by atoms with Gasteiger partial charge in [0, 0.05) is 0 Å². The fraction of sp³-hybridized carbons (Fsp3) is 0.360. The normalized spacial score (nSPS) is 12.3. The van der Waals surface area contributed by atoms with Crippen molar-refractivity contribution in [3.8, 4) is 0 Å². The average Bonchev–Trinajstić information content (AvgIpc) is 2.67. The van der Waals surface area contributed by atoms with Gasteiger partial charge in [0.25, 0.3) is 0 Å². The quantitative estimate of drug-likeness (QED) is 0.416. The van der Waals surface area contributed by atoms with Gasteiger partial charge >= 0.3 is 0 Å². The molecular weight excluding hydrogens is 388 g/mol. The van der Waals surface area contributed by atoms with E-state index in [1.165, 1.54) is 11.1 Å². The van der Waals surface area contributed by atoms with Crippen molar-refractivity contribution in [3.63, 3.8) is 0 Å². The van der Waals surface area contributed by atoms with Crippen molar-refractivity contribution < 1.29 is 9.59 Å². The van der Waals surface area contributed by atoms with Crippen LogP contribution in [0.25, 0.3) is 0 Å². The van der Waals surface area contributed by atoms with Crippen LogP contribution in [0.5, 0.6) is 0 Å². The Kier molecular flexibility index (Phi) is 7.86. The Balaban J connectivity index is 1.77. The van der Waals surface area contributed by atoms with Crippen molar-refractivity contribution >= 4 is 24.2 Å². The summed E-state index contributed by atoms with van der Waals surface area (Å²) < 4.78 is 0. The Labute approximate surface area is 184 Å². The number of nitrogens with zero attached hydrogens (tertiary/aromatic N) is 2. The summed E-state index contributed by atoms with van der Waals surface area (Å²) in [5.74, 6) is -1.02. The molecule has 2 rings (SSSR count). The molecule has 0 heterocycles. The van der Waals surface area contributed by atoms with E-state index < -0.39 is 11.8 Å². The lowest BCUT2D eigenvalue weighted by molar-refractivity contribution is -0.129. The number of amides is 2. The molecule has 6 heteroatoms. The van der Waals surface area contributed by atoms with Gasteiger partial charge in [-0.3, -0.25) is 9.59 Å². The molecule has 164 valence electrons. The molecule has 0 aromatic heterocycles. The van der Waals surface area contributed by atoms with Crippen molar-refractivity contribution in [2.24, 2.45) is 10.2 Å². The second kappa shape index (κ2) is 10.2. The van der Waals surface area contributed by atoms with E-state index in [0.29, 0.717) is 0 Å². The maximum absolute atomic E-state index is 11.9. The molecule has 0 saturated carbocycles. The first-order valence-electron chi connectivity index (χ1n) is 10.3. The second-order valence-corrected chi connectivity index (χ2v) is 9.51. The van der Waals surface area contributed by atoms with Crippen molar-refractivity contribution in [3.05, 3.63) is 70.8 Å². The third-order valence-electron chi connectivity index (χ3n) is 4.68. The van der Waals surface area contributed by atoms with Crippen LogP contribution in [0, 0.1) is 0 Å². The number of carbonyl (C=O) groups is 2.